The first kappa shape index (κ1) is 13.9. The number of carbonyl (C=O) groups excluding carboxylic acids is 1. The van der Waals surface area contributed by atoms with Crippen molar-refractivity contribution in [3.63, 3.8) is 0 Å². The molecule has 1 saturated heterocycles. The van der Waals surface area contributed by atoms with Gasteiger partial charge in [-0.05, 0) is 50.1 Å². The maximum atomic E-state index is 11.8. The van der Waals surface area contributed by atoms with E-state index in [0.717, 1.165) is 44.3 Å². The zero-order chi connectivity index (χ0) is 12.8. The van der Waals surface area contributed by atoms with Crippen molar-refractivity contribution < 1.29 is 4.79 Å². The largest absolute Gasteiger partial charge is 0.356 e. The molecule has 1 aliphatic heterocycles. The van der Waals surface area contributed by atoms with E-state index in [0.29, 0.717) is 5.92 Å². The second-order valence-electron chi connectivity index (χ2n) is 6.16. The summed E-state index contributed by atoms with van der Waals surface area (Å²) in [7, 11) is 0. The molecule has 1 unspecified atom stereocenters. The fraction of sp³-hybridized carbons (Fsp3) is 0.933. The lowest BCUT2D eigenvalue weighted by atomic mass is 9.81. The van der Waals surface area contributed by atoms with Crippen molar-refractivity contribution in [1.82, 2.24) is 10.6 Å². The van der Waals surface area contributed by atoms with E-state index in [4.69, 9.17) is 0 Å². The standard InChI is InChI=1S/C15H28N2O/c1-2-12-3-5-13(6-4-12)11-17-15(18)9-14-7-8-16-10-14/h12-14,16H,2-11H2,1H3,(H,17,18). The average molecular weight is 252 g/mol. The summed E-state index contributed by atoms with van der Waals surface area (Å²) in [6.07, 6.45) is 8.56. The van der Waals surface area contributed by atoms with Gasteiger partial charge in [0, 0.05) is 13.0 Å². The molecule has 1 heterocycles. The molecule has 0 radical (unpaired) electrons. The summed E-state index contributed by atoms with van der Waals surface area (Å²) in [4.78, 5) is 11.8. The SMILES string of the molecule is CCC1CCC(CNC(=O)CC2CCNC2)CC1. The second kappa shape index (κ2) is 7.13. The molecule has 1 atom stereocenters. The molecule has 0 spiro atoms. The summed E-state index contributed by atoms with van der Waals surface area (Å²) in [5.41, 5.74) is 0. The van der Waals surface area contributed by atoms with Crippen LogP contribution in [0.5, 0.6) is 0 Å². The highest BCUT2D eigenvalue weighted by Crippen LogP contribution is 2.30. The molecule has 1 saturated carbocycles. The molecule has 0 aromatic carbocycles. The van der Waals surface area contributed by atoms with Gasteiger partial charge in [0.25, 0.3) is 0 Å². The molecule has 1 amide bonds. The van der Waals surface area contributed by atoms with Crippen LogP contribution in [-0.2, 0) is 4.79 Å². The summed E-state index contributed by atoms with van der Waals surface area (Å²) in [5.74, 6) is 2.52. The molecule has 2 rings (SSSR count). The Labute approximate surface area is 111 Å². The Kier molecular flexibility index (Phi) is 5.48. The van der Waals surface area contributed by atoms with Crippen LogP contribution in [0, 0.1) is 17.8 Å². The number of amides is 1. The first-order valence-electron chi connectivity index (χ1n) is 7.75. The highest BCUT2D eigenvalue weighted by Gasteiger charge is 2.21. The molecule has 1 aliphatic carbocycles. The Morgan fingerprint density at radius 1 is 1.11 bits per heavy atom. The second-order valence-corrected chi connectivity index (χ2v) is 6.16. The van der Waals surface area contributed by atoms with Crippen LogP contribution in [0.1, 0.15) is 51.9 Å². The van der Waals surface area contributed by atoms with E-state index in [9.17, 15) is 4.79 Å². The third-order valence-electron chi connectivity index (χ3n) is 4.77. The molecular formula is C15H28N2O. The van der Waals surface area contributed by atoms with Gasteiger partial charge < -0.3 is 10.6 Å². The van der Waals surface area contributed by atoms with E-state index in [1.165, 1.54) is 32.1 Å². The molecule has 2 N–H and O–H groups in total. The lowest BCUT2D eigenvalue weighted by molar-refractivity contribution is -0.122. The fourth-order valence-electron chi connectivity index (χ4n) is 3.33. The molecule has 2 fully saturated rings. The van der Waals surface area contributed by atoms with E-state index < -0.39 is 0 Å². The van der Waals surface area contributed by atoms with Crippen LogP contribution < -0.4 is 10.6 Å². The monoisotopic (exact) mass is 252 g/mol. The van der Waals surface area contributed by atoms with Gasteiger partial charge in [0.1, 0.15) is 0 Å². The van der Waals surface area contributed by atoms with Gasteiger partial charge in [-0.15, -0.1) is 0 Å². The van der Waals surface area contributed by atoms with Gasteiger partial charge in [0.2, 0.25) is 5.91 Å². The van der Waals surface area contributed by atoms with Crippen molar-refractivity contribution in [1.29, 1.82) is 0 Å². The smallest absolute Gasteiger partial charge is 0.220 e. The molecule has 0 aromatic heterocycles. The summed E-state index contributed by atoms with van der Waals surface area (Å²) in [6.45, 7) is 5.31. The van der Waals surface area contributed by atoms with Gasteiger partial charge in [0.15, 0.2) is 0 Å². The van der Waals surface area contributed by atoms with Crippen LogP contribution in [-0.4, -0.2) is 25.5 Å². The summed E-state index contributed by atoms with van der Waals surface area (Å²) >= 11 is 0. The molecule has 3 heteroatoms. The molecule has 18 heavy (non-hydrogen) atoms. The van der Waals surface area contributed by atoms with Crippen LogP contribution in [0.25, 0.3) is 0 Å². The van der Waals surface area contributed by atoms with E-state index in [1.54, 1.807) is 0 Å². The minimum absolute atomic E-state index is 0.265. The Morgan fingerprint density at radius 2 is 1.83 bits per heavy atom. The van der Waals surface area contributed by atoms with Crippen LogP contribution >= 0.6 is 0 Å². The number of nitrogens with one attached hydrogen (secondary N) is 2. The van der Waals surface area contributed by atoms with Gasteiger partial charge >= 0.3 is 0 Å². The van der Waals surface area contributed by atoms with Crippen LogP contribution in [0.3, 0.4) is 0 Å². The minimum atomic E-state index is 0.265. The van der Waals surface area contributed by atoms with Crippen LogP contribution in [0.4, 0.5) is 0 Å². The van der Waals surface area contributed by atoms with E-state index in [1.807, 2.05) is 0 Å². The van der Waals surface area contributed by atoms with Crippen molar-refractivity contribution in [2.75, 3.05) is 19.6 Å². The quantitative estimate of drug-likeness (QED) is 0.788. The van der Waals surface area contributed by atoms with Gasteiger partial charge in [-0.3, -0.25) is 4.79 Å². The Hall–Kier alpha value is -0.570. The summed E-state index contributed by atoms with van der Waals surface area (Å²) in [5, 5.41) is 6.46. The van der Waals surface area contributed by atoms with E-state index >= 15 is 0 Å². The summed E-state index contributed by atoms with van der Waals surface area (Å²) < 4.78 is 0. The maximum absolute atomic E-state index is 11.8. The van der Waals surface area contributed by atoms with Crippen molar-refractivity contribution in [2.45, 2.75) is 51.9 Å². The molecule has 3 nitrogen and oxygen atoms in total. The lowest BCUT2D eigenvalue weighted by Crippen LogP contribution is -2.32. The fourth-order valence-corrected chi connectivity index (χ4v) is 3.33. The van der Waals surface area contributed by atoms with Crippen molar-refractivity contribution in [2.24, 2.45) is 17.8 Å². The Morgan fingerprint density at radius 3 is 2.44 bits per heavy atom. The topological polar surface area (TPSA) is 41.1 Å². The number of hydrogen-bond acceptors (Lipinski definition) is 2. The summed E-state index contributed by atoms with van der Waals surface area (Å²) in [6, 6.07) is 0. The molecule has 0 aromatic rings. The molecular weight excluding hydrogens is 224 g/mol. The third kappa shape index (κ3) is 4.27. The van der Waals surface area contributed by atoms with E-state index in [2.05, 4.69) is 17.6 Å². The van der Waals surface area contributed by atoms with Gasteiger partial charge in [-0.2, -0.15) is 0 Å². The van der Waals surface area contributed by atoms with Crippen LogP contribution in [0.15, 0.2) is 0 Å². The number of carbonyl (C=O) groups is 1. The van der Waals surface area contributed by atoms with Gasteiger partial charge in [-0.1, -0.05) is 26.2 Å². The van der Waals surface area contributed by atoms with Gasteiger partial charge in [-0.25, -0.2) is 0 Å². The van der Waals surface area contributed by atoms with Crippen molar-refractivity contribution >= 4 is 5.91 Å². The Balaban J connectivity index is 1.58. The molecule has 0 bridgehead atoms. The molecule has 2 aliphatic rings. The Bertz CT molecular complexity index is 253. The highest BCUT2D eigenvalue weighted by molar-refractivity contribution is 5.76. The number of hydrogen-bond donors (Lipinski definition) is 2. The van der Waals surface area contributed by atoms with Gasteiger partial charge in [0.05, 0.1) is 0 Å². The normalized spacial score (nSPS) is 32.4. The minimum Gasteiger partial charge on any atom is -0.356 e. The van der Waals surface area contributed by atoms with Crippen molar-refractivity contribution in [3.8, 4) is 0 Å². The predicted octanol–water partition coefficient (Wildman–Crippen LogP) is 2.32. The first-order valence-corrected chi connectivity index (χ1v) is 7.75. The predicted molar refractivity (Wildman–Crippen MR) is 74.3 cm³/mol. The number of rotatable bonds is 5. The zero-order valence-corrected chi connectivity index (χ0v) is 11.7. The highest BCUT2D eigenvalue weighted by atomic mass is 16.1. The molecule has 104 valence electrons. The maximum Gasteiger partial charge on any atom is 0.220 e. The lowest BCUT2D eigenvalue weighted by Gasteiger charge is -2.27. The van der Waals surface area contributed by atoms with Crippen LogP contribution in [0.2, 0.25) is 0 Å². The zero-order valence-electron chi connectivity index (χ0n) is 11.7. The third-order valence-corrected chi connectivity index (χ3v) is 4.77. The van der Waals surface area contributed by atoms with Crippen molar-refractivity contribution in [3.05, 3.63) is 0 Å². The first-order chi connectivity index (χ1) is 8.78. The van der Waals surface area contributed by atoms with E-state index in [-0.39, 0.29) is 5.91 Å². The average Bonchev–Trinajstić information content (AvgIpc) is 2.90.